The van der Waals surface area contributed by atoms with Gasteiger partial charge in [-0.25, -0.2) is 0 Å². The zero-order chi connectivity index (χ0) is 20.1. The molecule has 0 saturated carbocycles. The summed E-state index contributed by atoms with van der Waals surface area (Å²) in [6.07, 6.45) is 2.68. The van der Waals surface area contributed by atoms with E-state index in [9.17, 15) is 17.8 Å². The van der Waals surface area contributed by atoms with Crippen molar-refractivity contribution in [2.75, 3.05) is 7.11 Å². The monoisotopic (exact) mass is 394 g/mol. The van der Waals surface area contributed by atoms with Gasteiger partial charge < -0.3 is 4.74 Å². The highest BCUT2D eigenvalue weighted by atomic mass is 32.2. The Kier molecular flexibility index (Phi) is 5.73. The van der Waals surface area contributed by atoms with Crippen LogP contribution in [0.2, 0.25) is 0 Å². The van der Waals surface area contributed by atoms with Crippen molar-refractivity contribution >= 4 is 22.0 Å². The summed E-state index contributed by atoms with van der Waals surface area (Å²) in [5, 5.41) is 0. The first-order chi connectivity index (χ1) is 13.4. The van der Waals surface area contributed by atoms with Crippen LogP contribution in [-0.2, 0) is 10.1 Å². The molecule has 142 valence electrons. The maximum atomic E-state index is 12.3. The summed E-state index contributed by atoms with van der Waals surface area (Å²) < 4.78 is 39.1. The van der Waals surface area contributed by atoms with Crippen LogP contribution in [0.5, 0.6) is 5.75 Å². The van der Waals surface area contributed by atoms with Crippen molar-refractivity contribution in [1.29, 1.82) is 0 Å². The molecule has 0 spiro atoms. The van der Waals surface area contributed by atoms with Crippen molar-refractivity contribution in [3.63, 3.8) is 0 Å². The molecule has 6 heteroatoms. The van der Waals surface area contributed by atoms with Gasteiger partial charge in [-0.1, -0.05) is 60.7 Å². The number of methoxy groups -OCH3 is 1. The standard InChI is InChI=1S/C22H18O5S/c1-27-19-13-10-16(11-14-19)20-9-5-8-18(22(20)28(24,25)26)12-15-21(23)17-6-3-2-4-7-17/h2-15H,1H3,(H,24,25,26)/b15-12+. The van der Waals surface area contributed by atoms with Crippen molar-refractivity contribution in [1.82, 2.24) is 0 Å². The summed E-state index contributed by atoms with van der Waals surface area (Å²) in [6.45, 7) is 0. The van der Waals surface area contributed by atoms with Crippen molar-refractivity contribution in [3.8, 4) is 16.9 Å². The van der Waals surface area contributed by atoms with Gasteiger partial charge in [-0.15, -0.1) is 0 Å². The zero-order valence-corrected chi connectivity index (χ0v) is 15.9. The number of ether oxygens (including phenoxy) is 1. The molecule has 28 heavy (non-hydrogen) atoms. The Morgan fingerprint density at radius 3 is 2.21 bits per heavy atom. The van der Waals surface area contributed by atoms with E-state index in [1.165, 1.54) is 25.3 Å². The largest absolute Gasteiger partial charge is 0.497 e. The fourth-order valence-corrected chi connectivity index (χ4v) is 3.73. The first kappa shape index (κ1) is 19.5. The van der Waals surface area contributed by atoms with Crippen molar-refractivity contribution in [2.24, 2.45) is 0 Å². The maximum Gasteiger partial charge on any atom is 0.295 e. The van der Waals surface area contributed by atoms with Gasteiger partial charge in [0.25, 0.3) is 10.1 Å². The molecule has 0 radical (unpaired) electrons. The van der Waals surface area contributed by atoms with Gasteiger partial charge >= 0.3 is 0 Å². The molecule has 0 bridgehead atoms. The lowest BCUT2D eigenvalue weighted by Crippen LogP contribution is -2.04. The number of hydrogen-bond acceptors (Lipinski definition) is 4. The molecule has 0 fully saturated rings. The molecule has 0 atom stereocenters. The normalized spacial score (nSPS) is 11.5. The van der Waals surface area contributed by atoms with Crippen LogP contribution in [0.4, 0.5) is 0 Å². The molecule has 3 rings (SSSR count). The lowest BCUT2D eigenvalue weighted by molar-refractivity contribution is 0.104. The molecule has 0 aliphatic carbocycles. The van der Waals surface area contributed by atoms with Crippen LogP contribution in [0.15, 0.2) is 83.8 Å². The highest BCUT2D eigenvalue weighted by Gasteiger charge is 2.20. The second-order valence-corrected chi connectivity index (χ2v) is 7.35. The second-order valence-electron chi connectivity index (χ2n) is 5.99. The average Bonchev–Trinajstić information content (AvgIpc) is 2.71. The lowest BCUT2D eigenvalue weighted by atomic mass is 10.0. The van der Waals surface area contributed by atoms with Crippen LogP contribution in [0.25, 0.3) is 17.2 Å². The molecule has 5 nitrogen and oxygen atoms in total. The minimum Gasteiger partial charge on any atom is -0.497 e. The number of hydrogen-bond donors (Lipinski definition) is 1. The van der Waals surface area contributed by atoms with E-state index in [-0.39, 0.29) is 16.2 Å². The molecule has 0 aliphatic rings. The third-order valence-electron chi connectivity index (χ3n) is 4.18. The highest BCUT2D eigenvalue weighted by molar-refractivity contribution is 7.86. The Hall–Kier alpha value is -3.22. The van der Waals surface area contributed by atoms with E-state index >= 15 is 0 Å². The average molecular weight is 394 g/mol. The molecule has 0 unspecified atom stereocenters. The summed E-state index contributed by atoms with van der Waals surface area (Å²) in [5.41, 5.74) is 1.64. The fourth-order valence-electron chi connectivity index (χ4n) is 2.84. The minimum atomic E-state index is -4.53. The van der Waals surface area contributed by atoms with Gasteiger partial charge in [-0.2, -0.15) is 8.42 Å². The van der Waals surface area contributed by atoms with Gasteiger partial charge in [0.2, 0.25) is 0 Å². The smallest absolute Gasteiger partial charge is 0.295 e. The van der Waals surface area contributed by atoms with Crippen molar-refractivity contribution in [3.05, 3.63) is 90.0 Å². The summed E-state index contributed by atoms with van der Waals surface area (Å²) >= 11 is 0. The Morgan fingerprint density at radius 2 is 1.61 bits per heavy atom. The number of carbonyl (C=O) groups excluding carboxylic acids is 1. The Labute approximate surface area is 163 Å². The number of carbonyl (C=O) groups is 1. The zero-order valence-electron chi connectivity index (χ0n) is 15.1. The van der Waals surface area contributed by atoms with Crippen molar-refractivity contribution < 1.29 is 22.5 Å². The Balaban J connectivity index is 2.07. The van der Waals surface area contributed by atoms with Gasteiger partial charge in [0.1, 0.15) is 10.6 Å². The Bertz CT molecular complexity index is 1120. The van der Waals surface area contributed by atoms with Crippen LogP contribution in [0.3, 0.4) is 0 Å². The minimum absolute atomic E-state index is 0.222. The quantitative estimate of drug-likeness (QED) is 0.378. The maximum absolute atomic E-state index is 12.3. The van der Waals surface area contributed by atoms with Crippen molar-refractivity contribution in [2.45, 2.75) is 4.90 Å². The van der Waals surface area contributed by atoms with E-state index in [0.717, 1.165) is 0 Å². The third kappa shape index (κ3) is 4.36. The van der Waals surface area contributed by atoms with Crippen LogP contribution >= 0.6 is 0 Å². The molecule has 0 aliphatic heterocycles. The fraction of sp³-hybridized carbons (Fsp3) is 0.0455. The molecule has 0 aromatic heterocycles. The van der Waals surface area contributed by atoms with Gasteiger partial charge in [-0.05, 0) is 35.4 Å². The molecule has 0 heterocycles. The molecule has 0 saturated heterocycles. The first-order valence-corrected chi connectivity index (χ1v) is 9.86. The van der Waals surface area contributed by atoms with E-state index < -0.39 is 10.1 Å². The van der Waals surface area contributed by atoms with E-state index in [1.54, 1.807) is 66.7 Å². The molecular formula is C22H18O5S. The van der Waals surface area contributed by atoms with Crippen LogP contribution < -0.4 is 4.74 Å². The van der Waals surface area contributed by atoms with E-state index in [2.05, 4.69) is 0 Å². The second kappa shape index (κ2) is 8.21. The predicted octanol–water partition coefficient (Wildman–Crippen LogP) is 4.51. The number of allylic oxidation sites excluding steroid dienone is 1. The molecule has 0 amide bonds. The highest BCUT2D eigenvalue weighted by Crippen LogP contribution is 2.32. The predicted molar refractivity (Wildman–Crippen MR) is 108 cm³/mol. The number of benzene rings is 3. The summed E-state index contributed by atoms with van der Waals surface area (Å²) in [6, 6.07) is 20.2. The van der Waals surface area contributed by atoms with Crippen LogP contribution in [0.1, 0.15) is 15.9 Å². The molecule has 3 aromatic carbocycles. The molecular weight excluding hydrogens is 376 g/mol. The topological polar surface area (TPSA) is 80.7 Å². The van der Waals surface area contributed by atoms with E-state index in [4.69, 9.17) is 4.74 Å². The van der Waals surface area contributed by atoms with Crippen LogP contribution in [0, 0.1) is 0 Å². The van der Waals surface area contributed by atoms with Crippen LogP contribution in [-0.4, -0.2) is 25.9 Å². The Morgan fingerprint density at radius 1 is 0.929 bits per heavy atom. The summed E-state index contributed by atoms with van der Waals surface area (Å²) in [5.74, 6) is 0.360. The molecule has 3 aromatic rings. The SMILES string of the molecule is COc1ccc(-c2cccc(/C=C/C(=O)c3ccccc3)c2S(=O)(=O)O)cc1. The van der Waals surface area contributed by atoms with E-state index in [1.807, 2.05) is 0 Å². The first-order valence-electron chi connectivity index (χ1n) is 8.42. The third-order valence-corrected chi connectivity index (χ3v) is 5.15. The lowest BCUT2D eigenvalue weighted by Gasteiger charge is -2.11. The van der Waals surface area contributed by atoms with Gasteiger partial charge in [0.05, 0.1) is 7.11 Å². The van der Waals surface area contributed by atoms with Gasteiger partial charge in [-0.3, -0.25) is 9.35 Å². The summed E-state index contributed by atoms with van der Waals surface area (Å²) in [4.78, 5) is 12.0. The number of ketones is 1. The van der Waals surface area contributed by atoms with Gasteiger partial charge in [0.15, 0.2) is 5.78 Å². The van der Waals surface area contributed by atoms with Gasteiger partial charge in [0, 0.05) is 11.1 Å². The summed E-state index contributed by atoms with van der Waals surface area (Å²) in [7, 11) is -3.00. The van der Waals surface area contributed by atoms with E-state index in [0.29, 0.717) is 22.4 Å². The molecule has 1 N–H and O–H groups in total. The number of rotatable bonds is 6.